The van der Waals surface area contributed by atoms with E-state index < -0.39 is 0 Å². The summed E-state index contributed by atoms with van der Waals surface area (Å²) in [4.78, 5) is 21.7. The van der Waals surface area contributed by atoms with Gasteiger partial charge in [-0.3, -0.25) is 14.7 Å². The number of nitrogens with one attached hydrogen (secondary N) is 2. The van der Waals surface area contributed by atoms with Crippen LogP contribution >= 0.6 is 0 Å². The highest BCUT2D eigenvalue weighted by molar-refractivity contribution is 5.81. The Morgan fingerprint density at radius 3 is 2.58 bits per heavy atom. The molecular weight excluding hydrogens is 390 g/mol. The van der Waals surface area contributed by atoms with Crippen molar-refractivity contribution >= 4 is 11.9 Å². The lowest BCUT2D eigenvalue weighted by Crippen LogP contribution is -2.49. The van der Waals surface area contributed by atoms with Crippen molar-refractivity contribution in [1.82, 2.24) is 20.4 Å². The second kappa shape index (κ2) is 11.0. The highest BCUT2D eigenvalue weighted by Crippen LogP contribution is 2.28. The van der Waals surface area contributed by atoms with Crippen LogP contribution in [0.4, 0.5) is 0 Å². The van der Waals surface area contributed by atoms with Crippen LogP contribution in [-0.4, -0.2) is 80.7 Å². The van der Waals surface area contributed by atoms with Crippen LogP contribution in [0, 0.1) is 5.92 Å². The second-order valence-corrected chi connectivity index (χ2v) is 8.92. The second-order valence-electron chi connectivity index (χ2n) is 8.92. The Balaban J connectivity index is 1.31. The van der Waals surface area contributed by atoms with Gasteiger partial charge >= 0.3 is 0 Å². The average Bonchev–Trinajstić information content (AvgIpc) is 3.52. The van der Waals surface area contributed by atoms with Crippen molar-refractivity contribution in [2.75, 3.05) is 53.0 Å². The molecule has 2 heterocycles. The zero-order valence-corrected chi connectivity index (χ0v) is 18.8. The molecule has 2 aliphatic heterocycles. The number of rotatable bonds is 6. The van der Waals surface area contributed by atoms with E-state index in [9.17, 15) is 4.79 Å². The monoisotopic (exact) mass is 427 g/mol. The first-order valence-corrected chi connectivity index (χ1v) is 11.9. The van der Waals surface area contributed by atoms with Gasteiger partial charge in [0.15, 0.2) is 5.96 Å². The maximum Gasteiger partial charge on any atom is 0.225 e. The summed E-state index contributed by atoms with van der Waals surface area (Å²) in [6.07, 6.45) is 5.52. The minimum atomic E-state index is 0.259. The number of hydrogen-bond acceptors (Lipinski definition) is 4. The number of hydrogen-bond donors (Lipinski definition) is 2. The fourth-order valence-corrected chi connectivity index (χ4v) is 5.11. The maximum absolute atomic E-state index is 12.7. The molecule has 1 aliphatic carbocycles. The molecule has 1 saturated carbocycles. The van der Waals surface area contributed by atoms with Gasteiger partial charge in [0.25, 0.3) is 0 Å². The van der Waals surface area contributed by atoms with E-state index in [0.717, 1.165) is 71.2 Å². The van der Waals surface area contributed by atoms with Crippen LogP contribution in [0.5, 0.6) is 0 Å². The zero-order valence-electron chi connectivity index (χ0n) is 18.8. The molecule has 0 spiro atoms. The Morgan fingerprint density at radius 2 is 1.87 bits per heavy atom. The number of amides is 1. The molecule has 4 rings (SSSR count). The topological polar surface area (TPSA) is 69.2 Å². The van der Waals surface area contributed by atoms with E-state index in [1.165, 1.54) is 18.4 Å². The van der Waals surface area contributed by atoms with Crippen LogP contribution in [0.1, 0.15) is 43.7 Å². The van der Waals surface area contributed by atoms with Gasteiger partial charge in [0.2, 0.25) is 5.91 Å². The summed E-state index contributed by atoms with van der Waals surface area (Å²) in [6, 6.07) is 11.2. The maximum atomic E-state index is 12.7. The summed E-state index contributed by atoms with van der Waals surface area (Å²) in [7, 11) is 1.82. The third-order valence-corrected chi connectivity index (χ3v) is 6.90. The third-order valence-electron chi connectivity index (χ3n) is 6.90. The average molecular weight is 428 g/mol. The van der Waals surface area contributed by atoms with Gasteiger partial charge in [0.1, 0.15) is 0 Å². The first kappa shape index (κ1) is 22.1. The first-order chi connectivity index (χ1) is 15.2. The van der Waals surface area contributed by atoms with Gasteiger partial charge in [0, 0.05) is 51.7 Å². The minimum Gasteiger partial charge on any atom is -0.379 e. The molecule has 0 bridgehead atoms. The Kier molecular flexibility index (Phi) is 7.81. The smallest absolute Gasteiger partial charge is 0.225 e. The molecule has 1 aromatic carbocycles. The summed E-state index contributed by atoms with van der Waals surface area (Å²) in [6.45, 7) is 5.85. The van der Waals surface area contributed by atoms with E-state index in [0.29, 0.717) is 5.91 Å². The van der Waals surface area contributed by atoms with Crippen molar-refractivity contribution in [3.8, 4) is 0 Å². The molecule has 2 unspecified atom stereocenters. The van der Waals surface area contributed by atoms with Gasteiger partial charge in [-0.15, -0.1) is 0 Å². The molecule has 0 radical (unpaired) electrons. The Morgan fingerprint density at radius 1 is 1.13 bits per heavy atom. The molecule has 0 aromatic heterocycles. The van der Waals surface area contributed by atoms with Crippen molar-refractivity contribution in [2.24, 2.45) is 10.9 Å². The molecule has 1 amide bonds. The number of carbonyl (C=O) groups is 1. The summed E-state index contributed by atoms with van der Waals surface area (Å²) in [5.74, 6) is 1.44. The molecule has 7 heteroatoms. The van der Waals surface area contributed by atoms with Crippen molar-refractivity contribution in [2.45, 2.75) is 44.2 Å². The lowest BCUT2D eigenvalue weighted by molar-refractivity contribution is -0.134. The summed E-state index contributed by atoms with van der Waals surface area (Å²) >= 11 is 0. The number of carbonyl (C=O) groups excluding carboxylic acids is 1. The SMILES string of the molecule is CN=C(NCC(c1ccccc1)N1CCOCC1)NC1CCN(C(=O)C2CCCC2)C1. The molecule has 170 valence electrons. The number of nitrogens with zero attached hydrogens (tertiary/aromatic N) is 3. The standard InChI is InChI=1S/C24H37N5O2/c1-25-24(27-21-11-12-29(18-21)23(30)20-9-5-6-10-20)26-17-22(19-7-3-2-4-8-19)28-13-15-31-16-14-28/h2-4,7-8,20-22H,5-6,9-18H2,1H3,(H2,25,26,27). The van der Waals surface area contributed by atoms with Crippen LogP contribution in [0.2, 0.25) is 0 Å². The molecule has 3 fully saturated rings. The fraction of sp³-hybridized carbons (Fsp3) is 0.667. The predicted octanol–water partition coefficient (Wildman–Crippen LogP) is 2.02. The largest absolute Gasteiger partial charge is 0.379 e. The van der Waals surface area contributed by atoms with Crippen LogP contribution in [0.15, 0.2) is 35.3 Å². The van der Waals surface area contributed by atoms with Crippen LogP contribution in [-0.2, 0) is 9.53 Å². The zero-order chi connectivity index (χ0) is 21.5. The fourth-order valence-electron chi connectivity index (χ4n) is 5.11. The number of guanidine groups is 1. The molecule has 7 nitrogen and oxygen atoms in total. The van der Waals surface area contributed by atoms with Gasteiger partial charge in [-0.2, -0.15) is 0 Å². The summed E-state index contributed by atoms with van der Waals surface area (Å²) in [5.41, 5.74) is 1.31. The highest BCUT2D eigenvalue weighted by Gasteiger charge is 2.32. The van der Waals surface area contributed by atoms with Crippen molar-refractivity contribution in [3.63, 3.8) is 0 Å². The van der Waals surface area contributed by atoms with Crippen LogP contribution in [0.25, 0.3) is 0 Å². The number of ether oxygens (including phenoxy) is 1. The lowest BCUT2D eigenvalue weighted by atomic mass is 10.0. The van der Waals surface area contributed by atoms with E-state index in [-0.39, 0.29) is 18.0 Å². The van der Waals surface area contributed by atoms with Gasteiger partial charge in [-0.25, -0.2) is 0 Å². The van der Waals surface area contributed by atoms with Crippen LogP contribution < -0.4 is 10.6 Å². The molecule has 1 aromatic rings. The molecule has 2 atom stereocenters. The Hall–Kier alpha value is -2.12. The Labute approximate surface area is 186 Å². The number of morpholine rings is 1. The van der Waals surface area contributed by atoms with Crippen LogP contribution in [0.3, 0.4) is 0 Å². The van der Waals surface area contributed by atoms with E-state index in [2.05, 4.69) is 55.8 Å². The summed E-state index contributed by atoms with van der Waals surface area (Å²) < 4.78 is 5.56. The summed E-state index contributed by atoms with van der Waals surface area (Å²) in [5, 5.41) is 7.10. The molecule has 3 aliphatic rings. The van der Waals surface area contributed by atoms with Crippen molar-refractivity contribution < 1.29 is 9.53 Å². The molecular formula is C24H37N5O2. The highest BCUT2D eigenvalue weighted by atomic mass is 16.5. The predicted molar refractivity (Wildman–Crippen MR) is 123 cm³/mol. The van der Waals surface area contributed by atoms with E-state index in [1.54, 1.807) is 0 Å². The number of benzene rings is 1. The molecule has 2 N–H and O–H groups in total. The Bertz CT molecular complexity index is 729. The normalized spacial score (nSPS) is 24.4. The van der Waals surface area contributed by atoms with Gasteiger partial charge in [-0.05, 0) is 24.8 Å². The minimum absolute atomic E-state index is 0.259. The van der Waals surface area contributed by atoms with Gasteiger partial charge in [0.05, 0.1) is 19.3 Å². The lowest BCUT2D eigenvalue weighted by Gasteiger charge is -2.35. The van der Waals surface area contributed by atoms with E-state index >= 15 is 0 Å². The first-order valence-electron chi connectivity index (χ1n) is 11.9. The van der Waals surface area contributed by atoms with E-state index in [1.807, 2.05) is 7.05 Å². The quantitative estimate of drug-likeness (QED) is 0.537. The van der Waals surface area contributed by atoms with Crippen molar-refractivity contribution in [1.29, 1.82) is 0 Å². The molecule has 31 heavy (non-hydrogen) atoms. The number of likely N-dealkylation sites (tertiary alicyclic amines) is 1. The number of aliphatic imine (C=N–C) groups is 1. The third kappa shape index (κ3) is 5.77. The van der Waals surface area contributed by atoms with Gasteiger partial charge in [-0.1, -0.05) is 43.2 Å². The van der Waals surface area contributed by atoms with Crippen molar-refractivity contribution in [3.05, 3.63) is 35.9 Å². The molecule has 2 saturated heterocycles. The van der Waals surface area contributed by atoms with Gasteiger partial charge < -0.3 is 20.3 Å². The van der Waals surface area contributed by atoms with E-state index in [4.69, 9.17) is 4.74 Å².